The zero-order chi connectivity index (χ0) is 22.6. The number of likely N-dealkylation sites (tertiary alicyclic amines) is 1. The maximum Gasteiger partial charge on any atom is 0.265 e. The van der Waals surface area contributed by atoms with E-state index in [1.54, 1.807) is 17.6 Å². The first kappa shape index (κ1) is 23.0. The fourth-order valence-corrected chi connectivity index (χ4v) is 5.12. The molecule has 7 nitrogen and oxygen atoms in total. The minimum atomic E-state index is -0.325. The van der Waals surface area contributed by atoms with Crippen LogP contribution in [0.15, 0.2) is 29.8 Å². The van der Waals surface area contributed by atoms with E-state index in [-0.39, 0.29) is 17.2 Å². The molecule has 2 amide bonds. The van der Waals surface area contributed by atoms with E-state index in [0.717, 1.165) is 11.4 Å². The predicted molar refractivity (Wildman–Crippen MR) is 123 cm³/mol. The number of hydrogen-bond acceptors (Lipinski definition) is 6. The Morgan fingerprint density at radius 3 is 2.44 bits per heavy atom. The molecule has 9 heteroatoms. The first-order chi connectivity index (χ1) is 15.5. The molecule has 0 unspecified atom stereocenters. The second-order valence-corrected chi connectivity index (χ2v) is 9.76. The van der Waals surface area contributed by atoms with E-state index in [2.05, 4.69) is 4.98 Å². The fourth-order valence-electron chi connectivity index (χ4n) is 4.22. The van der Waals surface area contributed by atoms with Gasteiger partial charge in [-0.15, -0.1) is 11.3 Å². The third-order valence-corrected chi connectivity index (χ3v) is 7.47. The van der Waals surface area contributed by atoms with Crippen LogP contribution in [0.2, 0.25) is 5.02 Å². The number of hydrogen-bond donors (Lipinski definition) is 0. The van der Waals surface area contributed by atoms with E-state index >= 15 is 0 Å². The number of ether oxygens (including phenoxy) is 2. The molecule has 1 aromatic carbocycles. The quantitative estimate of drug-likeness (QED) is 0.635. The van der Waals surface area contributed by atoms with Crippen LogP contribution in [0.25, 0.3) is 0 Å². The average Bonchev–Trinajstić information content (AvgIpc) is 3.25. The monoisotopic (exact) mass is 477 g/mol. The number of amides is 2. The van der Waals surface area contributed by atoms with Crippen LogP contribution in [0, 0.1) is 12.3 Å². The highest BCUT2D eigenvalue weighted by Gasteiger charge is 2.40. The van der Waals surface area contributed by atoms with Gasteiger partial charge >= 0.3 is 0 Å². The highest BCUT2D eigenvalue weighted by atomic mass is 35.5. The van der Waals surface area contributed by atoms with Gasteiger partial charge in [0, 0.05) is 43.0 Å². The maximum absolute atomic E-state index is 13.1. The summed E-state index contributed by atoms with van der Waals surface area (Å²) in [5.41, 5.74) is 2.15. The van der Waals surface area contributed by atoms with Gasteiger partial charge < -0.3 is 19.3 Å². The molecule has 0 atom stereocenters. The number of halogens is 1. The fraction of sp³-hybridized carbons (Fsp3) is 0.522. The van der Waals surface area contributed by atoms with Crippen LogP contribution in [0.3, 0.4) is 0 Å². The van der Waals surface area contributed by atoms with E-state index in [0.29, 0.717) is 75.2 Å². The second-order valence-electron chi connectivity index (χ2n) is 8.47. The second kappa shape index (κ2) is 10.2. The standard InChI is InChI=1S/C23H28ClN3O4S/c1-17-21(32-16-25-17)22(29)27-8-6-23(7-9-27,14-20(28)26-10-12-30-13-11-26)15-31-19-4-2-18(24)3-5-19/h2-5,16H,6-15H2,1H3. The lowest BCUT2D eigenvalue weighted by Crippen LogP contribution is -2.49. The third-order valence-electron chi connectivity index (χ3n) is 6.30. The largest absolute Gasteiger partial charge is 0.493 e. The molecule has 2 aliphatic heterocycles. The van der Waals surface area contributed by atoms with Gasteiger partial charge in [0.15, 0.2) is 0 Å². The Balaban J connectivity index is 1.45. The Kier molecular flexibility index (Phi) is 7.33. The first-order valence-electron chi connectivity index (χ1n) is 10.9. The van der Waals surface area contributed by atoms with Crippen molar-refractivity contribution in [1.29, 1.82) is 0 Å². The summed E-state index contributed by atoms with van der Waals surface area (Å²) in [5, 5.41) is 0.653. The number of aryl methyl sites for hydroxylation is 1. The Labute approximate surface area is 197 Å². The molecule has 2 aliphatic rings. The Morgan fingerprint density at radius 1 is 1.12 bits per heavy atom. The topological polar surface area (TPSA) is 72.0 Å². The molecular formula is C23H28ClN3O4S. The van der Waals surface area contributed by atoms with Crippen molar-refractivity contribution in [2.24, 2.45) is 5.41 Å². The zero-order valence-corrected chi connectivity index (χ0v) is 19.8. The summed E-state index contributed by atoms with van der Waals surface area (Å²) in [6.45, 7) is 5.88. The van der Waals surface area contributed by atoms with Crippen molar-refractivity contribution in [2.75, 3.05) is 46.0 Å². The number of nitrogens with zero attached hydrogens (tertiary/aromatic N) is 3. The molecule has 3 heterocycles. The summed E-state index contributed by atoms with van der Waals surface area (Å²) in [4.78, 5) is 34.7. The first-order valence-corrected chi connectivity index (χ1v) is 12.1. The van der Waals surface area contributed by atoms with Gasteiger partial charge in [0.25, 0.3) is 5.91 Å². The minimum absolute atomic E-state index is 0.0247. The number of piperidine rings is 1. The molecule has 2 aromatic rings. The zero-order valence-electron chi connectivity index (χ0n) is 18.2. The number of thiazole rings is 1. The van der Waals surface area contributed by atoms with Crippen molar-refractivity contribution in [3.63, 3.8) is 0 Å². The summed E-state index contributed by atoms with van der Waals surface area (Å²) in [6.07, 6.45) is 1.82. The number of aromatic nitrogens is 1. The van der Waals surface area contributed by atoms with Crippen molar-refractivity contribution in [1.82, 2.24) is 14.8 Å². The van der Waals surface area contributed by atoms with Crippen molar-refractivity contribution >= 4 is 34.8 Å². The molecule has 0 saturated carbocycles. The molecule has 1 aromatic heterocycles. The summed E-state index contributed by atoms with van der Waals surface area (Å²) < 4.78 is 11.5. The Morgan fingerprint density at radius 2 is 1.81 bits per heavy atom. The molecule has 0 spiro atoms. The van der Waals surface area contributed by atoms with Gasteiger partial charge in [-0.3, -0.25) is 9.59 Å². The minimum Gasteiger partial charge on any atom is -0.493 e. The van der Waals surface area contributed by atoms with Crippen molar-refractivity contribution < 1.29 is 19.1 Å². The van der Waals surface area contributed by atoms with Crippen LogP contribution < -0.4 is 4.74 Å². The Bertz CT molecular complexity index is 935. The van der Waals surface area contributed by atoms with Crippen molar-refractivity contribution in [3.05, 3.63) is 45.4 Å². The van der Waals surface area contributed by atoms with Gasteiger partial charge in [0.2, 0.25) is 5.91 Å². The number of rotatable bonds is 6. The van der Waals surface area contributed by atoms with Gasteiger partial charge in [0.05, 0.1) is 31.0 Å². The summed E-state index contributed by atoms with van der Waals surface area (Å²) in [5.74, 6) is 0.884. The predicted octanol–water partition coefficient (Wildman–Crippen LogP) is 3.66. The van der Waals surface area contributed by atoms with Crippen LogP contribution >= 0.6 is 22.9 Å². The molecule has 4 rings (SSSR count). The van der Waals surface area contributed by atoms with Gasteiger partial charge in [-0.1, -0.05) is 11.6 Å². The Hall–Kier alpha value is -2.16. The van der Waals surface area contributed by atoms with Gasteiger partial charge in [-0.25, -0.2) is 4.98 Å². The molecule has 0 N–H and O–H groups in total. The summed E-state index contributed by atoms with van der Waals surface area (Å²) in [6, 6.07) is 7.26. The average molecular weight is 478 g/mol. The van der Waals surface area contributed by atoms with Crippen LogP contribution in [-0.4, -0.2) is 72.6 Å². The van der Waals surface area contributed by atoms with E-state index in [1.807, 2.05) is 28.9 Å². The van der Waals surface area contributed by atoms with Gasteiger partial charge in [0.1, 0.15) is 10.6 Å². The van der Waals surface area contributed by atoms with Crippen molar-refractivity contribution in [2.45, 2.75) is 26.2 Å². The molecule has 0 bridgehead atoms. The highest BCUT2D eigenvalue weighted by molar-refractivity contribution is 7.11. The van der Waals surface area contributed by atoms with Crippen LogP contribution in [-0.2, 0) is 9.53 Å². The van der Waals surface area contributed by atoms with Crippen LogP contribution in [0.1, 0.15) is 34.6 Å². The number of morpholine rings is 1. The lowest BCUT2D eigenvalue weighted by molar-refractivity contribution is -0.139. The molecule has 32 heavy (non-hydrogen) atoms. The highest BCUT2D eigenvalue weighted by Crippen LogP contribution is 2.37. The van der Waals surface area contributed by atoms with E-state index in [9.17, 15) is 9.59 Å². The smallest absolute Gasteiger partial charge is 0.265 e. The molecule has 0 radical (unpaired) electrons. The normalized spacial score (nSPS) is 18.4. The third kappa shape index (κ3) is 5.42. The van der Waals surface area contributed by atoms with Crippen molar-refractivity contribution in [3.8, 4) is 5.75 Å². The lowest BCUT2D eigenvalue weighted by Gasteiger charge is -2.42. The van der Waals surface area contributed by atoms with Gasteiger partial charge in [-0.2, -0.15) is 0 Å². The summed E-state index contributed by atoms with van der Waals surface area (Å²) >= 11 is 7.36. The molecular weight excluding hydrogens is 450 g/mol. The van der Waals surface area contributed by atoms with E-state index in [1.165, 1.54) is 11.3 Å². The summed E-state index contributed by atoms with van der Waals surface area (Å²) in [7, 11) is 0. The maximum atomic E-state index is 13.1. The molecule has 0 aliphatic carbocycles. The van der Waals surface area contributed by atoms with Crippen LogP contribution in [0.5, 0.6) is 5.75 Å². The number of carbonyl (C=O) groups is 2. The molecule has 2 saturated heterocycles. The van der Waals surface area contributed by atoms with Gasteiger partial charge in [-0.05, 0) is 44.0 Å². The SMILES string of the molecule is Cc1ncsc1C(=O)N1CCC(COc2ccc(Cl)cc2)(CC(=O)N2CCOCC2)CC1. The number of benzene rings is 1. The van der Waals surface area contributed by atoms with E-state index < -0.39 is 0 Å². The molecule has 172 valence electrons. The lowest BCUT2D eigenvalue weighted by atomic mass is 9.75. The van der Waals surface area contributed by atoms with Crippen LogP contribution in [0.4, 0.5) is 0 Å². The van der Waals surface area contributed by atoms with E-state index in [4.69, 9.17) is 21.1 Å². The molecule has 2 fully saturated rings. The number of carbonyl (C=O) groups excluding carboxylic acids is 2.